The average Bonchev–Trinajstić information content (AvgIpc) is 2.49. The first-order valence-corrected chi connectivity index (χ1v) is 7.23. The Morgan fingerprint density at radius 3 is 2.50 bits per heavy atom. The zero-order valence-electron chi connectivity index (χ0n) is 12.0. The molecule has 1 saturated heterocycles. The van der Waals surface area contributed by atoms with Gasteiger partial charge in [0.05, 0.1) is 0 Å². The van der Waals surface area contributed by atoms with Crippen LogP contribution in [0.25, 0.3) is 0 Å². The predicted molar refractivity (Wildman–Crippen MR) is 83.2 cm³/mol. The summed E-state index contributed by atoms with van der Waals surface area (Å²) in [7, 11) is 2.19. The van der Waals surface area contributed by atoms with Gasteiger partial charge in [-0.05, 0) is 24.7 Å². The third-order valence-electron chi connectivity index (χ3n) is 3.90. The van der Waals surface area contributed by atoms with E-state index >= 15 is 0 Å². The number of pyridine rings is 1. The molecule has 104 valence electrons. The largest absolute Gasteiger partial charge is 0.369 e. The van der Waals surface area contributed by atoms with Crippen molar-refractivity contribution in [2.45, 2.75) is 6.42 Å². The Hall–Kier alpha value is -1.87. The standard InChI is InChI=1S/C17H21N3/c1-19-9-11-20(12-10-19)17-7-8-18-16(14-17)13-15-5-3-2-4-6-15/h2-8,14H,9-13H2,1H3. The van der Waals surface area contributed by atoms with Crippen LogP contribution in [-0.2, 0) is 6.42 Å². The van der Waals surface area contributed by atoms with Crippen LogP contribution in [0.2, 0.25) is 0 Å². The van der Waals surface area contributed by atoms with Gasteiger partial charge in [0.2, 0.25) is 0 Å². The molecule has 3 heteroatoms. The van der Waals surface area contributed by atoms with Gasteiger partial charge < -0.3 is 9.80 Å². The Labute approximate surface area is 120 Å². The van der Waals surface area contributed by atoms with E-state index in [1.165, 1.54) is 11.3 Å². The monoisotopic (exact) mass is 267 g/mol. The highest BCUT2D eigenvalue weighted by molar-refractivity contribution is 5.47. The number of piperazine rings is 1. The van der Waals surface area contributed by atoms with E-state index in [2.05, 4.69) is 64.3 Å². The molecule has 2 heterocycles. The van der Waals surface area contributed by atoms with Crippen LogP contribution in [0.5, 0.6) is 0 Å². The van der Waals surface area contributed by atoms with Crippen LogP contribution in [0.3, 0.4) is 0 Å². The summed E-state index contributed by atoms with van der Waals surface area (Å²) in [4.78, 5) is 9.34. The maximum Gasteiger partial charge on any atom is 0.0468 e. The summed E-state index contributed by atoms with van der Waals surface area (Å²) >= 11 is 0. The van der Waals surface area contributed by atoms with E-state index in [1.54, 1.807) is 0 Å². The number of rotatable bonds is 3. The lowest BCUT2D eigenvalue weighted by molar-refractivity contribution is 0.313. The zero-order chi connectivity index (χ0) is 13.8. The minimum atomic E-state index is 0.905. The van der Waals surface area contributed by atoms with Crippen LogP contribution in [0, 0.1) is 0 Å². The first kappa shape index (κ1) is 13.1. The molecule has 0 N–H and O–H groups in total. The van der Waals surface area contributed by atoms with Gasteiger partial charge in [0.1, 0.15) is 0 Å². The van der Waals surface area contributed by atoms with Gasteiger partial charge in [-0.2, -0.15) is 0 Å². The Morgan fingerprint density at radius 1 is 1.00 bits per heavy atom. The van der Waals surface area contributed by atoms with Gasteiger partial charge in [-0.15, -0.1) is 0 Å². The summed E-state index contributed by atoms with van der Waals surface area (Å²) in [6.45, 7) is 4.48. The number of hydrogen-bond acceptors (Lipinski definition) is 3. The van der Waals surface area contributed by atoms with E-state index in [0.717, 1.165) is 38.3 Å². The Kier molecular flexibility index (Phi) is 3.97. The lowest BCUT2D eigenvalue weighted by Gasteiger charge is -2.34. The Bertz CT molecular complexity index is 545. The second-order valence-corrected chi connectivity index (χ2v) is 5.46. The second kappa shape index (κ2) is 6.06. The highest BCUT2D eigenvalue weighted by Crippen LogP contribution is 2.18. The van der Waals surface area contributed by atoms with E-state index < -0.39 is 0 Å². The van der Waals surface area contributed by atoms with Crippen molar-refractivity contribution in [1.29, 1.82) is 0 Å². The van der Waals surface area contributed by atoms with Crippen molar-refractivity contribution in [2.75, 3.05) is 38.1 Å². The summed E-state index contributed by atoms with van der Waals surface area (Å²) in [5, 5.41) is 0. The number of nitrogens with zero attached hydrogens (tertiary/aromatic N) is 3. The summed E-state index contributed by atoms with van der Waals surface area (Å²) in [6, 6.07) is 14.9. The maximum absolute atomic E-state index is 4.51. The summed E-state index contributed by atoms with van der Waals surface area (Å²) in [5.41, 5.74) is 3.77. The van der Waals surface area contributed by atoms with E-state index in [4.69, 9.17) is 0 Å². The molecule has 1 aliphatic rings. The quantitative estimate of drug-likeness (QED) is 0.851. The lowest BCUT2D eigenvalue weighted by atomic mass is 10.1. The van der Waals surface area contributed by atoms with Crippen molar-refractivity contribution in [1.82, 2.24) is 9.88 Å². The summed E-state index contributed by atoms with van der Waals surface area (Å²) in [5.74, 6) is 0. The van der Waals surface area contributed by atoms with E-state index in [9.17, 15) is 0 Å². The van der Waals surface area contributed by atoms with Crippen molar-refractivity contribution in [3.05, 3.63) is 59.9 Å². The van der Waals surface area contributed by atoms with E-state index in [0.29, 0.717) is 0 Å². The third kappa shape index (κ3) is 3.17. The topological polar surface area (TPSA) is 19.4 Å². The molecule has 0 saturated carbocycles. The molecule has 1 fully saturated rings. The number of benzene rings is 1. The number of anilines is 1. The minimum absolute atomic E-state index is 0.905. The smallest absolute Gasteiger partial charge is 0.0468 e. The molecule has 0 radical (unpaired) electrons. The first-order chi connectivity index (χ1) is 9.81. The van der Waals surface area contributed by atoms with Crippen molar-refractivity contribution in [3.8, 4) is 0 Å². The normalized spacial score (nSPS) is 16.4. The molecule has 1 aromatic carbocycles. The minimum Gasteiger partial charge on any atom is -0.369 e. The van der Waals surface area contributed by atoms with Crippen LogP contribution in [-0.4, -0.2) is 43.1 Å². The zero-order valence-corrected chi connectivity index (χ0v) is 12.0. The van der Waals surface area contributed by atoms with Gasteiger partial charge >= 0.3 is 0 Å². The third-order valence-corrected chi connectivity index (χ3v) is 3.90. The molecule has 3 rings (SSSR count). The molecule has 0 aliphatic carbocycles. The molecule has 0 atom stereocenters. The molecular formula is C17H21N3. The molecule has 2 aromatic rings. The van der Waals surface area contributed by atoms with E-state index in [-0.39, 0.29) is 0 Å². The first-order valence-electron chi connectivity index (χ1n) is 7.23. The molecule has 1 aromatic heterocycles. The maximum atomic E-state index is 4.51. The van der Waals surface area contributed by atoms with Gasteiger partial charge in [0, 0.05) is 50.2 Å². The molecule has 0 amide bonds. The fourth-order valence-electron chi connectivity index (χ4n) is 2.63. The second-order valence-electron chi connectivity index (χ2n) is 5.46. The molecular weight excluding hydrogens is 246 g/mol. The van der Waals surface area contributed by atoms with Crippen LogP contribution < -0.4 is 4.90 Å². The lowest BCUT2D eigenvalue weighted by Crippen LogP contribution is -2.44. The van der Waals surface area contributed by atoms with Crippen LogP contribution >= 0.6 is 0 Å². The molecule has 3 nitrogen and oxygen atoms in total. The fourth-order valence-corrected chi connectivity index (χ4v) is 2.63. The van der Waals surface area contributed by atoms with Gasteiger partial charge in [0.25, 0.3) is 0 Å². The highest BCUT2D eigenvalue weighted by atomic mass is 15.2. The predicted octanol–water partition coefficient (Wildman–Crippen LogP) is 2.42. The molecule has 1 aliphatic heterocycles. The SMILES string of the molecule is CN1CCN(c2ccnc(Cc3ccccc3)c2)CC1. The van der Waals surface area contributed by atoms with Crippen molar-refractivity contribution < 1.29 is 0 Å². The van der Waals surface area contributed by atoms with Crippen LogP contribution in [0.1, 0.15) is 11.3 Å². The van der Waals surface area contributed by atoms with Crippen LogP contribution in [0.15, 0.2) is 48.7 Å². The molecule has 20 heavy (non-hydrogen) atoms. The Balaban J connectivity index is 1.73. The van der Waals surface area contributed by atoms with E-state index in [1.807, 2.05) is 6.20 Å². The fraction of sp³-hybridized carbons (Fsp3) is 0.353. The number of aromatic nitrogens is 1. The van der Waals surface area contributed by atoms with Gasteiger partial charge in [-0.3, -0.25) is 4.98 Å². The summed E-state index contributed by atoms with van der Waals surface area (Å²) in [6.07, 6.45) is 2.84. The number of hydrogen-bond donors (Lipinski definition) is 0. The number of likely N-dealkylation sites (N-methyl/N-ethyl adjacent to an activating group) is 1. The average molecular weight is 267 g/mol. The van der Waals surface area contributed by atoms with Crippen molar-refractivity contribution >= 4 is 5.69 Å². The van der Waals surface area contributed by atoms with Crippen molar-refractivity contribution in [3.63, 3.8) is 0 Å². The van der Waals surface area contributed by atoms with Crippen LogP contribution in [0.4, 0.5) is 5.69 Å². The van der Waals surface area contributed by atoms with Crippen molar-refractivity contribution in [2.24, 2.45) is 0 Å². The van der Waals surface area contributed by atoms with Gasteiger partial charge in [-0.1, -0.05) is 30.3 Å². The molecule has 0 unspecified atom stereocenters. The van der Waals surface area contributed by atoms with Gasteiger partial charge in [0.15, 0.2) is 0 Å². The van der Waals surface area contributed by atoms with Gasteiger partial charge in [-0.25, -0.2) is 0 Å². The molecule has 0 spiro atoms. The highest BCUT2D eigenvalue weighted by Gasteiger charge is 2.14. The summed E-state index contributed by atoms with van der Waals surface area (Å²) < 4.78 is 0. The Morgan fingerprint density at radius 2 is 1.75 bits per heavy atom. The molecule has 0 bridgehead atoms.